The van der Waals surface area contributed by atoms with Gasteiger partial charge in [-0.05, 0) is 43.2 Å². The lowest BCUT2D eigenvalue weighted by atomic mass is 10.1. The largest absolute Gasteiger partial charge is 0.351 e. The quantitative estimate of drug-likeness (QED) is 0.597. The first-order valence-corrected chi connectivity index (χ1v) is 9.02. The highest BCUT2D eigenvalue weighted by Gasteiger charge is 2.33. The fourth-order valence-corrected chi connectivity index (χ4v) is 4.07. The van der Waals surface area contributed by atoms with E-state index in [4.69, 9.17) is 4.98 Å². The van der Waals surface area contributed by atoms with E-state index >= 15 is 0 Å². The van der Waals surface area contributed by atoms with Gasteiger partial charge in [-0.1, -0.05) is 18.2 Å². The Labute approximate surface area is 151 Å². The number of aryl methyl sites for hydroxylation is 1. The van der Waals surface area contributed by atoms with Gasteiger partial charge in [-0.3, -0.25) is 4.79 Å². The zero-order valence-corrected chi connectivity index (χ0v) is 14.6. The smallest absolute Gasteiger partial charge is 0.255 e. The molecule has 1 aliphatic heterocycles. The summed E-state index contributed by atoms with van der Waals surface area (Å²) in [6.45, 7) is 0.768. The number of H-pyrrole nitrogens is 1. The molecule has 4 aromatic rings. The predicted octanol–water partition coefficient (Wildman–Crippen LogP) is 4.03. The van der Waals surface area contributed by atoms with Crippen LogP contribution in [0.4, 0.5) is 0 Å². The first-order valence-electron chi connectivity index (χ1n) is 9.02. The molecule has 1 saturated heterocycles. The predicted molar refractivity (Wildman–Crippen MR) is 102 cm³/mol. The second kappa shape index (κ2) is 5.73. The molecule has 1 N–H and O–H groups in total. The van der Waals surface area contributed by atoms with Crippen molar-refractivity contribution in [3.05, 3.63) is 66.1 Å². The van der Waals surface area contributed by atoms with E-state index in [2.05, 4.69) is 4.98 Å². The monoisotopic (exact) mass is 344 g/mol. The maximum atomic E-state index is 13.3. The summed E-state index contributed by atoms with van der Waals surface area (Å²) >= 11 is 0. The number of hydrogen-bond acceptors (Lipinski definition) is 2. The van der Waals surface area contributed by atoms with Gasteiger partial charge in [0.2, 0.25) is 0 Å². The number of nitrogens with one attached hydrogen (secondary N) is 1. The van der Waals surface area contributed by atoms with E-state index in [1.807, 2.05) is 71.2 Å². The van der Waals surface area contributed by atoms with Crippen LogP contribution >= 0.6 is 0 Å². The van der Waals surface area contributed by atoms with Gasteiger partial charge in [0.05, 0.1) is 17.1 Å². The van der Waals surface area contributed by atoms with Crippen LogP contribution in [-0.4, -0.2) is 31.9 Å². The Morgan fingerprint density at radius 3 is 2.92 bits per heavy atom. The summed E-state index contributed by atoms with van der Waals surface area (Å²) in [6.07, 6.45) is 3.94. The van der Waals surface area contributed by atoms with Crippen LogP contribution in [0, 0.1) is 0 Å². The number of amides is 1. The average molecular weight is 344 g/mol. The van der Waals surface area contributed by atoms with Crippen molar-refractivity contribution in [1.29, 1.82) is 0 Å². The Balaban J connectivity index is 1.54. The second-order valence-corrected chi connectivity index (χ2v) is 6.96. The van der Waals surface area contributed by atoms with E-state index in [9.17, 15) is 4.79 Å². The van der Waals surface area contributed by atoms with Gasteiger partial charge in [0.15, 0.2) is 0 Å². The van der Waals surface area contributed by atoms with Crippen molar-refractivity contribution in [2.24, 2.45) is 7.05 Å². The topological polar surface area (TPSA) is 53.9 Å². The number of benzene rings is 2. The van der Waals surface area contributed by atoms with E-state index in [1.165, 1.54) is 0 Å². The summed E-state index contributed by atoms with van der Waals surface area (Å²) in [7, 11) is 2.00. The molecule has 3 heterocycles. The fraction of sp³-hybridized carbons (Fsp3) is 0.238. The number of carbonyl (C=O) groups excluding carboxylic acids is 1. The Bertz CT molecular complexity index is 1090. The third kappa shape index (κ3) is 2.24. The van der Waals surface area contributed by atoms with Crippen LogP contribution < -0.4 is 0 Å². The number of para-hydroxylation sites is 2. The normalized spacial score (nSPS) is 17.4. The number of carbonyl (C=O) groups is 1. The SMILES string of the molecule is Cn1ccc2c(C(=O)N3CCC[C@H]3c3nc4ccccc4[nH]3)cccc21. The van der Waals surface area contributed by atoms with Crippen molar-refractivity contribution < 1.29 is 4.79 Å². The molecule has 26 heavy (non-hydrogen) atoms. The van der Waals surface area contributed by atoms with E-state index in [1.54, 1.807) is 0 Å². The highest BCUT2D eigenvalue weighted by Crippen LogP contribution is 2.33. The standard InChI is InChI=1S/C21H20N4O/c1-24-13-11-14-15(6-4-9-18(14)24)21(26)25-12-5-10-19(25)20-22-16-7-2-3-8-17(16)23-20/h2-4,6-9,11,13,19H,5,10,12H2,1H3,(H,22,23)/t19-/m0/s1. The van der Waals surface area contributed by atoms with E-state index in [0.29, 0.717) is 0 Å². The zero-order chi connectivity index (χ0) is 17.7. The minimum atomic E-state index is 0.00821. The molecular formula is C21H20N4O. The van der Waals surface area contributed by atoms with Crippen LogP contribution in [0.1, 0.15) is 35.1 Å². The Hall–Kier alpha value is -3.08. The van der Waals surface area contributed by atoms with Crippen molar-refractivity contribution in [2.75, 3.05) is 6.54 Å². The Morgan fingerprint density at radius 1 is 1.15 bits per heavy atom. The first-order chi connectivity index (χ1) is 12.7. The maximum absolute atomic E-state index is 13.3. The van der Waals surface area contributed by atoms with Crippen LogP contribution in [0.25, 0.3) is 21.9 Å². The lowest BCUT2D eigenvalue weighted by Crippen LogP contribution is -2.31. The Kier molecular flexibility index (Phi) is 3.35. The summed E-state index contributed by atoms with van der Waals surface area (Å²) in [5.74, 6) is 0.974. The number of aromatic nitrogens is 3. The zero-order valence-electron chi connectivity index (χ0n) is 14.6. The van der Waals surface area contributed by atoms with Gasteiger partial charge < -0.3 is 14.5 Å². The van der Waals surface area contributed by atoms with Gasteiger partial charge in [0, 0.05) is 36.3 Å². The molecule has 0 radical (unpaired) electrons. The van der Waals surface area contributed by atoms with E-state index in [-0.39, 0.29) is 11.9 Å². The summed E-state index contributed by atoms with van der Waals surface area (Å²) in [5, 5.41) is 1.01. The van der Waals surface area contributed by atoms with E-state index < -0.39 is 0 Å². The number of rotatable bonds is 2. The highest BCUT2D eigenvalue weighted by atomic mass is 16.2. The Morgan fingerprint density at radius 2 is 2.04 bits per heavy atom. The second-order valence-electron chi connectivity index (χ2n) is 6.96. The molecule has 5 rings (SSSR count). The lowest BCUT2D eigenvalue weighted by molar-refractivity contribution is 0.0732. The van der Waals surface area contributed by atoms with Gasteiger partial charge in [-0.25, -0.2) is 4.98 Å². The maximum Gasteiger partial charge on any atom is 0.255 e. The summed E-state index contributed by atoms with van der Waals surface area (Å²) < 4.78 is 2.05. The molecule has 2 aromatic carbocycles. The van der Waals surface area contributed by atoms with Crippen LogP contribution in [-0.2, 0) is 7.05 Å². The lowest BCUT2D eigenvalue weighted by Gasteiger charge is -2.23. The van der Waals surface area contributed by atoms with Gasteiger partial charge in [-0.15, -0.1) is 0 Å². The van der Waals surface area contributed by atoms with Gasteiger partial charge in [-0.2, -0.15) is 0 Å². The third-order valence-corrected chi connectivity index (χ3v) is 5.40. The molecule has 1 amide bonds. The van der Waals surface area contributed by atoms with Crippen LogP contribution in [0.15, 0.2) is 54.7 Å². The van der Waals surface area contributed by atoms with Crippen molar-refractivity contribution in [2.45, 2.75) is 18.9 Å². The highest BCUT2D eigenvalue weighted by molar-refractivity contribution is 6.06. The molecule has 5 heteroatoms. The molecule has 1 atom stereocenters. The van der Waals surface area contributed by atoms with E-state index in [0.717, 1.165) is 52.7 Å². The number of fused-ring (bicyclic) bond motifs is 2. The molecule has 0 aliphatic carbocycles. The first kappa shape index (κ1) is 15.2. The molecule has 5 nitrogen and oxygen atoms in total. The molecule has 0 saturated carbocycles. The summed E-state index contributed by atoms with van der Waals surface area (Å²) in [5.41, 5.74) is 3.82. The summed E-state index contributed by atoms with van der Waals surface area (Å²) in [4.78, 5) is 23.5. The molecule has 0 spiro atoms. The van der Waals surface area contributed by atoms with Crippen LogP contribution in [0.5, 0.6) is 0 Å². The van der Waals surface area contributed by atoms with Crippen molar-refractivity contribution in [3.63, 3.8) is 0 Å². The average Bonchev–Trinajstić information content (AvgIpc) is 3.38. The molecule has 1 aliphatic rings. The molecule has 2 aromatic heterocycles. The number of likely N-dealkylation sites (tertiary alicyclic amines) is 1. The van der Waals surface area contributed by atoms with Gasteiger partial charge >= 0.3 is 0 Å². The van der Waals surface area contributed by atoms with Crippen LogP contribution in [0.2, 0.25) is 0 Å². The van der Waals surface area contributed by atoms with Crippen molar-refractivity contribution in [1.82, 2.24) is 19.4 Å². The number of nitrogens with zero attached hydrogens (tertiary/aromatic N) is 3. The molecule has 1 fully saturated rings. The molecule has 0 unspecified atom stereocenters. The molecule has 0 bridgehead atoms. The number of hydrogen-bond donors (Lipinski definition) is 1. The minimum Gasteiger partial charge on any atom is -0.351 e. The molecule has 130 valence electrons. The van der Waals surface area contributed by atoms with Gasteiger partial charge in [0.25, 0.3) is 5.91 Å². The fourth-order valence-electron chi connectivity index (χ4n) is 4.07. The third-order valence-electron chi connectivity index (χ3n) is 5.40. The van der Waals surface area contributed by atoms with Crippen molar-refractivity contribution in [3.8, 4) is 0 Å². The number of aromatic amines is 1. The van der Waals surface area contributed by atoms with Gasteiger partial charge in [0.1, 0.15) is 5.82 Å². The van der Waals surface area contributed by atoms with Crippen molar-refractivity contribution >= 4 is 27.8 Å². The number of imidazole rings is 1. The van der Waals surface area contributed by atoms with Crippen LogP contribution in [0.3, 0.4) is 0 Å². The molecular weight excluding hydrogens is 324 g/mol. The minimum absolute atomic E-state index is 0.00821. The summed E-state index contributed by atoms with van der Waals surface area (Å²) in [6, 6.07) is 16.0.